The van der Waals surface area contributed by atoms with Crippen LogP contribution in [0.1, 0.15) is 60.3 Å². The van der Waals surface area contributed by atoms with Crippen molar-refractivity contribution in [2.45, 2.75) is 63.3 Å². The zero-order valence-corrected chi connectivity index (χ0v) is 30.0. The van der Waals surface area contributed by atoms with Crippen LogP contribution in [0, 0.1) is 5.92 Å². The predicted octanol–water partition coefficient (Wildman–Crippen LogP) is 5.58. The molecule has 0 bridgehead atoms. The Balaban J connectivity index is 1.39. The van der Waals surface area contributed by atoms with E-state index in [2.05, 4.69) is 9.71 Å². The van der Waals surface area contributed by atoms with Gasteiger partial charge in [0.15, 0.2) is 11.4 Å². The molecule has 51 heavy (non-hydrogen) atoms. The van der Waals surface area contributed by atoms with Gasteiger partial charge in [-0.1, -0.05) is 84.8 Å². The summed E-state index contributed by atoms with van der Waals surface area (Å²) in [5.41, 5.74) is 8.48. The summed E-state index contributed by atoms with van der Waals surface area (Å²) in [7, 11) is -3.81. The van der Waals surface area contributed by atoms with Gasteiger partial charge in [-0.05, 0) is 61.2 Å². The fraction of sp³-hybridized carbons (Fsp3) is 0.368. The smallest absolute Gasteiger partial charge is 0.264 e. The quantitative estimate of drug-likeness (QED) is 0.0983. The number of aromatic nitrogens is 1. The topological polar surface area (TPSA) is 162 Å². The van der Waals surface area contributed by atoms with E-state index >= 15 is 0 Å². The number of ether oxygens (including phenoxy) is 1. The maximum absolute atomic E-state index is 14.2. The molecule has 1 aliphatic rings. The highest BCUT2D eigenvalue weighted by molar-refractivity contribution is 7.88. The first-order chi connectivity index (χ1) is 24.5. The minimum Gasteiger partial charge on any atom is -0.434 e. The molecule has 3 N–H and O–H groups in total. The van der Waals surface area contributed by atoms with Gasteiger partial charge in [0.1, 0.15) is 11.6 Å². The number of nitrogens with zero attached hydrogens (tertiary/aromatic N) is 2. The minimum absolute atomic E-state index is 0.0480. The summed E-state index contributed by atoms with van der Waals surface area (Å²) in [6.07, 6.45) is 5.69. The lowest BCUT2D eigenvalue weighted by atomic mass is 9.89. The van der Waals surface area contributed by atoms with Gasteiger partial charge in [0.25, 0.3) is 5.89 Å². The van der Waals surface area contributed by atoms with E-state index in [-0.39, 0.29) is 44.1 Å². The van der Waals surface area contributed by atoms with Crippen molar-refractivity contribution in [3.8, 4) is 0 Å². The number of unbranched alkanes of at least 4 members (excludes halogenated alkanes) is 1. The van der Waals surface area contributed by atoms with Gasteiger partial charge < -0.3 is 19.8 Å². The number of halogens is 1. The van der Waals surface area contributed by atoms with Crippen LogP contribution in [0.5, 0.6) is 0 Å². The Morgan fingerprint density at radius 1 is 1.06 bits per heavy atom. The van der Waals surface area contributed by atoms with Gasteiger partial charge in [-0.2, -0.15) is 0 Å². The third-order valence-electron chi connectivity index (χ3n) is 8.78. The van der Waals surface area contributed by atoms with E-state index in [1.807, 2.05) is 42.5 Å². The molecule has 3 aromatic carbocycles. The van der Waals surface area contributed by atoms with E-state index in [4.69, 9.17) is 26.5 Å². The highest BCUT2D eigenvalue weighted by atomic mass is 35.5. The number of Topliss-reactive ketones (excluding diaryl/α,β-unsaturated/α-hetero) is 2. The van der Waals surface area contributed by atoms with Gasteiger partial charge >= 0.3 is 0 Å². The van der Waals surface area contributed by atoms with Crippen LogP contribution in [0.3, 0.4) is 0 Å². The normalized spacial score (nSPS) is 17.6. The summed E-state index contributed by atoms with van der Waals surface area (Å²) < 4.78 is 39.3. The average molecular weight is 735 g/mol. The second-order valence-electron chi connectivity index (χ2n) is 12.8. The number of ketones is 2. The van der Waals surface area contributed by atoms with Gasteiger partial charge in [-0.15, -0.1) is 0 Å². The second-order valence-corrected chi connectivity index (χ2v) is 15.0. The molecule has 0 radical (unpaired) electrons. The Bertz CT molecular complexity index is 1900. The first kappa shape index (κ1) is 38.0. The van der Waals surface area contributed by atoms with Crippen molar-refractivity contribution >= 4 is 56.3 Å². The molecule has 0 spiro atoms. The number of para-hydroxylation sites is 2. The predicted molar refractivity (Wildman–Crippen MR) is 196 cm³/mol. The zero-order chi connectivity index (χ0) is 36.4. The maximum atomic E-state index is 14.2. The van der Waals surface area contributed by atoms with Crippen LogP contribution in [0.25, 0.3) is 17.2 Å². The molecule has 1 aromatic heterocycles. The number of nitrogens with one attached hydrogen (secondary N) is 1. The van der Waals surface area contributed by atoms with Gasteiger partial charge in [0, 0.05) is 30.3 Å². The van der Waals surface area contributed by atoms with E-state index in [1.165, 1.54) is 4.90 Å². The molecule has 1 aliphatic heterocycles. The largest absolute Gasteiger partial charge is 0.434 e. The lowest BCUT2D eigenvalue weighted by Crippen LogP contribution is -2.51. The Morgan fingerprint density at radius 3 is 2.49 bits per heavy atom. The Morgan fingerprint density at radius 2 is 1.78 bits per heavy atom. The standard InChI is InChI=1S/C38H43ClN4O7S/c1-51(47,48)42-32(15-9-12-26-10-3-2-4-11-26)38(46)43-24-30(49-25-27-17-19-29(39)20-18-27)23-33(43)34(44)22-28(13-7-8-21-40)36(45)37-41-31-14-5-6-16-35(31)50-37/h2-6,9-12,14,16-20,28,30,32-33,42H,7-8,13,15,21-25,40H2,1H3/b12-9+/t28-,30-,32-,33+/m1/s1. The molecular weight excluding hydrogens is 692 g/mol. The van der Waals surface area contributed by atoms with Crippen LogP contribution in [0.4, 0.5) is 0 Å². The summed E-state index contributed by atoms with van der Waals surface area (Å²) in [6.45, 7) is 0.709. The molecule has 5 rings (SSSR count). The minimum atomic E-state index is -3.81. The molecule has 4 aromatic rings. The first-order valence-corrected chi connectivity index (χ1v) is 19.3. The molecular formula is C38H43ClN4O7S. The molecule has 0 saturated carbocycles. The van der Waals surface area contributed by atoms with Gasteiger partial charge in [0.05, 0.1) is 25.0 Å². The molecule has 11 nitrogen and oxygen atoms in total. The molecule has 0 aliphatic carbocycles. The maximum Gasteiger partial charge on any atom is 0.264 e. The van der Waals surface area contributed by atoms with E-state index in [9.17, 15) is 22.8 Å². The first-order valence-electron chi connectivity index (χ1n) is 17.0. The number of hydrogen-bond donors (Lipinski definition) is 2. The number of hydrogen-bond acceptors (Lipinski definition) is 9. The molecule has 0 unspecified atom stereocenters. The number of rotatable bonds is 18. The number of fused-ring (bicyclic) bond motifs is 1. The highest BCUT2D eigenvalue weighted by Gasteiger charge is 2.43. The Hall–Kier alpha value is -4.20. The zero-order valence-electron chi connectivity index (χ0n) is 28.4. The number of amides is 1. The van der Waals surface area contributed by atoms with E-state index in [1.54, 1.807) is 48.6 Å². The number of oxazole rings is 1. The summed E-state index contributed by atoms with van der Waals surface area (Å²) in [5, 5.41) is 0.584. The lowest BCUT2D eigenvalue weighted by molar-refractivity contribution is -0.139. The second kappa shape index (κ2) is 17.8. The average Bonchev–Trinajstić information content (AvgIpc) is 3.75. The molecule has 1 fully saturated rings. The van der Waals surface area contributed by atoms with Crippen molar-refractivity contribution in [2.24, 2.45) is 11.7 Å². The van der Waals surface area contributed by atoms with E-state index < -0.39 is 45.8 Å². The van der Waals surface area contributed by atoms with Gasteiger partial charge in [-0.25, -0.2) is 18.1 Å². The van der Waals surface area contributed by atoms with Crippen molar-refractivity contribution in [3.63, 3.8) is 0 Å². The number of likely N-dealkylation sites (tertiary alicyclic amines) is 1. The SMILES string of the molecule is CS(=O)(=O)N[C@H](C/C=C/c1ccccc1)C(=O)N1C[C@H](OCc2ccc(Cl)cc2)C[C@H]1C(=O)C[C@@H](CCCCN)C(=O)c1nc2ccccc2o1. The van der Waals surface area contributed by atoms with Crippen LogP contribution < -0.4 is 10.5 Å². The fourth-order valence-corrected chi connectivity index (χ4v) is 7.06. The summed E-state index contributed by atoms with van der Waals surface area (Å²) in [6, 6.07) is 21.5. The van der Waals surface area contributed by atoms with Crippen molar-refractivity contribution in [3.05, 3.63) is 107 Å². The molecule has 270 valence electrons. The van der Waals surface area contributed by atoms with Gasteiger partial charge in [-0.3, -0.25) is 14.4 Å². The number of benzene rings is 3. The fourth-order valence-electron chi connectivity index (χ4n) is 6.22. The lowest BCUT2D eigenvalue weighted by Gasteiger charge is -2.28. The van der Waals surface area contributed by atoms with Gasteiger partial charge in [0.2, 0.25) is 21.7 Å². The van der Waals surface area contributed by atoms with Crippen LogP contribution in [0.2, 0.25) is 5.02 Å². The Kier molecular flexibility index (Phi) is 13.3. The monoisotopic (exact) mass is 734 g/mol. The molecule has 4 atom stereocenters. The third-order valence-corrected chi connectivity index (χ3v) is 9.75. The summed E-state index contributed by atoms with van der Waals surface area (Å²) in [4.78, 5) is 48.0. The number of nitrogens with two attached hydrogens (primary N) is 1. The van der Waals surface area contributed by atoms with Crippen LogP contribution in [-0.2, 0) is 31.0 Å². The molecule has 2 heterocycles. The van der Waals surface area contributed by atoms with Crippen molar-refractivity contribution in [2.75, 3.05) is 19.3 Å². The molecule has 1 saturated heterocycles. The number of sulfonamides is 1. The molecule has 13 heteroatoms. The highest BCUT2D eigenvalue weighted by Crippen LogP contribution is 2.29. The van der Waals surface area contributed by atoms with Crippen molar-refractivity contribution in [1.82, 2.24) is 14.6 Å². The molecule has 1 amide bonds. The van der Waals surface area contributed by atoms with Crippen LogP contribution in [-0.4, -0.2) is 73.3 Å². The number of carbonyl (C=O) groups is 3. The third kappa shape index (κ3) is 10.9. The van der Waals surface area contributed by atoms with E-state index in [0.717, 1.165) is 17.4 Å². The van der Waals surface area contributed by atoms with Crippen molar-refractivity contribution < 1.29 is 32.0 Å². The van der Waals surface area contributed by atoms with Crippen LogP contribution >= 0.6 is 11.6 Å². The Labute approximate surface area is 303 Å². The number of carbonyl (C=O) groups excluding carboxylic acids is 3. The summed E-state index contributed by atoms with van der Waals surface area (Å²) >= 11 is 6.04. The van der Waals surface area contributed by atoms with E-state index in [0.29, 0.717) is 41.9 Å². The summed E-state index contributed by atoms with van der Waals surface area (Å²) in [5.74, 6) is -2.12. The van der Waals surface area contributed by atoms with Crippen molar-refractivity contribution in [1.29, 1.82) is 0 Å². The van der Waals surface area contributed by atoms with Crippen LogP contribution in [0.15, 0.2) is 89.4 Å².